The minimum Gasteiger partial charge on any atom is -0.465 e. The average molecular weight is 493 g/mol. The number of nitrogens with zero attached hydrogens (tertiary/aromatic N) is 1. The predicted molar refractivity (Wildman–Crippen MR) is 115 cm³/mol. The fourth-order valence-corrected chi connectivity index (χ4v) is 2.97. The highest BCUT2D eigenvalue weighted by Gasteiger charge is 2.26. The van der Waals surface area contributed by atoms with Crippen molar-refractivity contribution in [2.75, 3.05) is 12.2 Å². The van der Waals surface area contributed by atoms with Crippen molar-refractivity contribution in [1.82, 2.24) is 0 Å². The largest absolute Gasteiger partial charge is 0.465 e. The number of rotatable bonds is 6. The van der Waals surface area contributed by atoms with Crippen LogP contribution in [0.5, 0.6) is 0 Å². The Bertz CT molecular complexity index is 869. The van der Waals surface area contributed by atoms with E-state index in [1.54, 1.807) is 48.5 Å². The van der Waals surface area contributed by atoms with Gasteiger partial charge in [-0.1, -0.05) is 23.5 Å². The summed E-state index contributed by atoms with van der Waals surface area (Å²) >= 11 is 2.12. The summed E-state index contributed by atoms with van der Waals surface area (Å²) in [6.07, 6.45) is 1.25. The summed E-state index contributed by atoms with van der Waals surface area (Å²) in [5.41, 5.74) is 1.44. The Morgan fingerprint density at radius 3 is 2.32 bits per heavy atom. The first kappa shape index (κ1) is 21.9. The molecule has 0 N–H and O–H groups in total. The molecule has 0 heterocycles. The van der Waals surface area contributed by atoms with Crippen molar-refractivity contribution in [1.29, 1.82) is 0 Å². The number of halogens is 2. The van der Waals surface area contributed by atoms with Crippen LogP contribution in [0.15, 0.2) is 48.5 Å². The van der Waals surface area contributed by atoms with Gasteiger partial charge >= 0.3 is 5.97 Å². The molecule has 0 aliphatic rings. The molecule has 0 saturated carbocycles. The van der Waals surface area contributed by atoms with Crippen LogP contribution < -0.4 is 5.12 Å². The molecule has 2 rings (SSSR count). The van der Waals surface area contributed by atoms with Gasteiger partial charge in [0.1, 0.15) is 0 Å². The molecule has 0 aromatic heterocycles. The third-order valence-electron chi connectivity index (χ3n) is 4.10. The maximum absolute atomic E-state index is 14.7. The normalized spacial score (nSPS) is 11.1. The van der Waals surface area contributed by atoms with E-state index in [4.69, 9.17) is 0 Å². The van der Waals surface area contributed by atoms with E-state index in [-0.39, 0.29) is 17.2 Å². The predicted octanol–water partition coefficient (Wildman–Crippen LogP) is 4.96. The zero-order valence-corrected chi connectivity index (χ0v) is 17.9. The van der Waals surface area contributed by atoms with Crippen LogP contribution in [0.2, 0.25) is 0 Å². The number of esters is 1. The van der Waals surface area contributed by atoms with Gasteiger partial charge in [0.15, 0.2) is 0 Å². The van der Waals surface area contributed by atoms with Gasteiger partial charge in [0.25, 0.3) is 5.91 Å². The summed E-state index contributed by atoms with van der Waals surface area (Å²) in [5, 5.41) is 0.192. The standard InChI is InChI=1S/C22H21FINO3/c1-3-4-5-6-18(15-16-7-9-17(10-8-16)22(27)28-2)21(26)25(23)20-13-11-19(24)12-14-20/h7-14,18H,3,6,15H2,1-2H3. The number of hydrogen-bond acceptors (Lipinski definition) is 3. The maximum atomic E-state index is 14.7. The highest BCUT2D eigenvalue weighted by atomic mass is 127. The fraction of sp³-hybridized carbons (Fsp3) is 0.273. The molecule has 6 heteroatoms. The van der Waals surface area contributed by atoms with Crippen LogP contribution in [-0.2, 0) is 16.0 Å². The lowest BCUT2D eigenvalue weighted by molar-refractivity contribution is -0.125. The highest BCUT2D eigenvalue weighted by molar-refractivity contribution is 14.1. The highest BCUT2D eigenvalue weighted by Crippen LogP contribution is 2.23. The van der Waals surface area contributed by atoms with E-state index in [0.29, 0.717) is 18.4 Å². The molecule has 0 radical (unpaired) electrons. The number of carbonyl (C=O) groups is 2. The van der Waals surface area contributed by atoms with Crippen molar-refractivity contribution in [2.24, 2.45) is 5.92 Å². The molecule has 0 bridgehead atoms. The molecule has 28 heavy (non-hydrogen) atoms. The number of benzene rings is 2. The molecule has 1 unspecified atom stereocenters. The second-order valence-electron chi connectivity index (χ2n) is 6.10. The molecule has 2 aromatic carbocycles. The molecule has 1 amide bonds. The molecule has 0 saturated heterocycles. The molecule has 0 aliphatic carbocycles. The molecular weight excluding hydrogens is 472 g/mol. The first-order chi connectivity index (χ1) is 13.5. The number of hydrogen-bond donors (Lipinski definition) is 0. The Morgan fingerprint density at radius 1 is 1.11 bits per heavy atom. The van der Waals surface area contributed by atoms with Crippen molar-refractivity contribution in [3.05, 3.63) is 63.2 Å². The topological polar surface area (TPSA) is 46.6 Å². The van der Waals surface area contributed by atoms with Crippen LogP contribution >= 0.6 is 22.6 Å². The number of anilines is 1. The lowest BCUT2D eigenvalue weighted by Crippen LogP contribution is -2.31. The zero-order valence-electron chi connectivity index (χ0n) is 15.7. The van der Waals surface area contributed by atoms with Crippen molar-refractivity contribution < 1.29 is 18.8 Å². The summed E-state index contributed by atoms with van der Waals surface area (Å²) in [7, 11) is 1.32. The molecule has 0 aliphatic heterocycles. The average Bonchev–Trinajstić information content (AvgIpc) is 2.72. The molecule has 2 aromatic rings. The minimum atomic E-state index is -0.636. The van der Waals surface area contributed by atoms with Gasteiger partial charge in [-0.2, -0.15) is 0 Å². The van der Waals surface area contributed by atoms with Crippen LogP contribution in [0.3, 0.4) is 0 Å². The third-order valence-corrected chi connectivity index (χ3v) is 4.82. The summed E-state index contributed by atoms with van der Waals surface area (Å²) in [5.74, 6) is 4.19. The van der Waals surface area contributed by atoms with Crippen molar-refractivity contribution in [2.45, 2.75) is 26.2 Å². The van der Waals surface area contributed by atoms with Crippen LogP contribution in [0.4, 0.5) is 10.2 Å². The summed E-state index contributed by atoms with van der Waals surface area (Å²) < 4.78 is 20.3. The van der Waals surface area contributed by atoms with Gasteiger partial charge in [0.2, 0.25) is 0 Å². The van der Waals surface area contributed by atoms with E-state index < -0.39 is 17.8 Å². The summed E-state index contributed by atoms with van der Waals surface area (Å²) in [4.78, 5) is 24.3. The molecule has 0 fully saturated rings. The molecule has 146 valence electrons. The number of methoxy groups -OCH3 is 1. The van der Waals surface area contributed by atoms with Crippen LogP contribution in [-0.4, -0.2) is 19.0 Å². The van der Waals surface area contributed by atoms with Crippen molar-refractivity contribution in [3.8, 4) is 11.8 Å². The van der Waals surface area contributed by atoms with Crippen LogP contribution in [0.25, 0.3) is 0 Å². The van der Waals surface area contributed by atoms with Gasteiger partial charge in [0.05, 0.1) is 24.3 Å². The summed E-state index contributed by atoms with van der Waals surface area (Å²) in [6.45, 7) is 1.92. The Balaban J connectivity index is 2.19. The minimum absolute atomic E-state index is 0.192. The van der Waals surface area contributed by atoms with Crippen LogP contribution in [0, 0.1) is 21.3 Å². The zero-order chi connectivity index (χ0) is 20.5. The van der Waals surface area contributed by atoms with E-state index >= 15 is 0 Å². The maximum Gasteiger partial charge on any atom is 0.337 e. The Labute approximate surface area is 178 Å². The number of amides is 1. The van der Waals surface area contributed by atoms with Gasteiger partial charge < -0.3 is 4.74 Å². The Kier molecular flexibility index (Phi) is 8.45. The molecular formula is C22H21FINO3. The second-order valence-corrected chi connectivity index (χ2v) is 7.34. The molecule has 4 nitrogen and oxygen atoms in total. The fourth-order valence-electron chi connectivity index (χ4n) is 2.61. The smallest absolute Gasteiger partial charge is 0.337 e. The van der Waals surface area contributed by atoms with Gasteiger partial charge in [-0.05, 0) is 71.0 Å². The van der Waals surface area contributed by atoms with E-state index in [1.165, 1.54) is 7.11 Å². The van der Waals surface area contributed by atoms with Gasteiger partial charge in [-0.15, -0.1) is 17.0 Å². The monoisotopic (exact) mass is 493 g/mol. The molecule has 1 atom stereocenters. The van der Waals surface area contributed by atoms with Gasteiger partial charge in [0, 0.05) is 16.4 Å². The number of carbonyl (C=O) groups excluding carboxylic acids is 2. The lowest BCUT2D eigenvalue weighted by atomic mass is 9.94. The number of ether oxygens (including phenoxy) is 1. The quantitative estimate of drug-likeness (QED) is 0.248. The van der Waals surface area contributed by atoms with E-state index in [9.17, 15) is 14.1 Å². The Morgan fingerprint density at radius 2 is 1.75 bits per heavy atom. The third kappa shape index (κ3) is 6.06. The van der Waals surface area contributed by atoms with E-state index in [0.717, 1.165) is 9.13 Å². The van der Waals surface area contributed by atoms with Crippen molar-refractivity contribution in [3.63, 3.8) is 0 Å². The summed E-state index contributed by atoms with van der Waals surface area (Å²) in [6, 6.07) is 13.4. The first-order valence-corrected chi connectivity index (χ1v) is 9.92. The lowest BCUT2D eigenvalue weighted by Gasteiger charge is -2.19. The first-order valence-electron chi connectivity index (χ1n) is 8.84. The van der Waals surface area contributed by atoms with Gasteiger partial charge in [-0.25, -0.2) is 4.79 Å². The van der Waals surface area contributed by atoms with Gasteiger partial charge in [-0.3, -0.25) is 4.79 Å². The van der Waals surface area contributed by atoms with Crippen LogP contribution in [0.1, 0.15) is 35.7 Å². The van der Waals surface area contributed by atoms with E-state index in [2.05, 4.69) is 39.2 Å². The van der Waals surface area contributed by atoms with Crippen molar-refractivity contribution >= 4 is 40.2 Å². The Hall–Kier alpha value is -2.40. The van der Waals surface area contributed by atoms with E-state index in [1.807, 2.05) is 6.92 Å². The second kappa shape index (κ2) is 10.8. The SMILES string of the molecule is CCC#CCC(Cc1ccc(C(=O)OC)cc1)C(=O)N(F)c1ccc(I)cc1. The molecule has 0 spiro atoms.